The summed E-state index contributed by atoms with van der Waals surface area (Å²) < 4.78 is 5.93. The minimum Gasteiger partial charge on any atom is -0.457 e. The first-order valence-corrected chi connectivity index (χ1v) is 15.3. The summed E-state index contributed by atoms with van der Waals surface area (Å²) in [5.41, 5.74) is 0.659. The number of ether oxygens (including phenoxy) is 1. The molecule has 1 spiro atoms. The molecule has 3 amide bonds. The van der Waals surface area contributed by atoms with Crippen LogP contribution in [0.2, 0.25) is 0 Å². The maximum absolute atomic E-state index is 13.7. The van der Waals surface area contributed by atoms with E-state index >= 15 is 0 Å². The monoisotopic (exact) mass is 587 g/mol. The average molecular weight is 588 g/mol. The molecule has 1 aliphatic carbocycles. The number of nitrogens with one attached hydrogen (secondary N) is 2. The minimum absolute atomic E-state index is 0.00284. The SMILES string of the molecule is CNC(=O)c1ccc(Oc2ccc(CN3CCC4(CC3)C(=O)N[C@H]([C@H](O)C3CCCCC3)C(=O)N4CCC#N)cc2)cc1. The van der Waals surface area contributed by atoms with Crippen molar-refractivity contribution < 1.29 is 24.2 Å². The van der Waals surface area contributed by atoms with Crippen molar-refractivity contribution in [3.63, 3.8) is 0 Å². The number of likely N-dealkylation sites (tertiary alicyclic amines) is 1. The highest BCUT2D eigenvalue weighted by molar-refractivity contribution is 6.00. The Hall–Kier alpha value is -3.94. The van der Waals surface area contributed by atoms with E-state index in [4.69, 9.17) is 4.74 Å². The number of carbonyl (C=O) groups excluding carboxylic acids is 3. The van der Waals surface area contributed by atoms with E-state index in [1.165, 1.54) is 0 Å². The largest absolute Gasteiger partial charge is 0.457 e. The zero-order chi connectivity index (χ0) is 30.4. The molecule has 0 unspecified atom stereocenters. The smallest absolute Gasteiger partial charge is 0.251 e. The molecule has 0 aromatic heterocycles. The summed E-state index contributed by atoms with van der Waals surface area (Å²) in [7, 11) is 1.59. The highest BCUT2D eigenvalue weighted by atomic mass is 16.5. The molecule has 1 saturated carbocycles. The van der Waals surface area contributed by atoms with Crippen LogP contribution in [0.3, 0.4) is 0 Å². The highest BCUT2D eigenvalue weighted by Gasteiger charge is 2.55. The second kappa shape index (κ2) is 13.6. The zero-order valence-corrected chi connectivity index (χ0v) is 24.8. The van der Waals surface area contributed by atoms with Gasteiger partial charge in [-0.3, -0.25) is 19.3 Å². The van der Waals surface area contributed by atoms with E-state index in [2.05, 4.69) is 21.6 Å². The van der Waals surface area contributed by atoms with Gasteiger partial charge in [-0.1, -0.05) is 31.4 Å². The van der Waals surface area contributed by atoms with Crippen molar-refractivity contribution in [3.8, 4) is 17.6 Å². The molecule has 2 aliphatic heterocycles. The molecule has 5 rings (SSSR count). The fourth-order valence-corrected chi connectivity index (χ4v) is 6.76. The average Bonchev–Trinajstić information content (AvgIpc) is 3.04. The van der Waals surface area contributed by atoms with Crippen LogP contribution in [0.25, 0.3) is 0 Å². The number of piperidine rings is 1. The number of rotatable bonds is 9. The van der Waals surface area contributed by atoms with Crippen molar-refractivity contribution in [2.24, 2.45) is 5.92 Å². The summed E-state index contributed by atoms with van der Waals surface area (Å²) in [5, 5.41) is 25.9. The Morgan fingerprint density at radius 1 is 1.07 bits per heavy atom. The van der Waals surface area contributed by atoms with Crippen molar-refractivity contribution in [1.29, 1.82) is 5.26 Å². The van der Waals surface area contributed by atoms with E-state index in [-0.39, 0.29) is 36.6 Å². The first kappa shape index (κ1) is 30.5. The number of aliphatic hydroxyl groups is 1. The number of hydrogen-bond donors (Lipinski definition) is 3. The normalized spacial score (nSPS) is 21.6. The number of amides is 3. The third-order valence-electron chi connectivity index (χ3n) is 9.27. The minimum atomic E-state index is -1.00. The molecule has 2 atom stereocenters. The van der Waals surface area contributed by atoms with E-state index in [1.54, 1.807) is 36.2 Å². The summed E-state index contributed by atoms with van der Waals surface area (Å²) in [6.07, 6.45) is 5.07. The van der Waals surface area contributed by atoms with Crippen molar-refractivity contribution in [1.82, 2.24) is 20.4 Å². The molecule has 0 radical (unpaired) electrons. The standard InChI is InChI=1S/C33H41N5O5/c1-35-30(40)25-10-14-27(15-11-25)43-26-12-8-23(9-13-26)22-37-20-16-33(17-21-37)32(42)36-28(31(41)38(33)19-5-18-34)29(39)24-6-3-2-4-7-24/h8-15,24,28-29,39H,2-7,16-17,19-22H2,1H3,(H,35,40)(H,36,42)/t28-,29-/m1/s1. The van der Waals surface area contributed by atoms with Crippen molar-refractivity contribution in [2.75, 3.05) is 26.7 Å². The summed E-state index contributed by atoms with van der Waals surface area (Å²) in [6.45, 7) is 2.12. The van der Waals surface area contributed by atoms with Crippen LogP contribution in [0.5, 0.6) is 11.5 Å². The molecular weight excluding hydrogens is 546 g/mol. The third kappa shape index (κ3) is 6.68. The van der Waals surface area contributed by atoms with Crippen LogP contribution in [0.15, 0.2) is 48.5 Å². The first-order chi connectivity index (χ1) is 20.8. The number of benzene rings is 2. The summed E-state index contributed by atoms with van der Waals surface area (Å²) in [4.78, 5) is 43.0. The molecule has 43 heavy (non-hydrogen) atoms. The van der Waals surface area contributed by atoms with Gasteiger partial charge in [0.1, 0.15) is 23.1 Å². The lowest BCUT2D eigenvalue weighted by molar-refractivity contribution is -0.165. The lowest BCUT2D eigenvalue weighted by Gasteiger charge is -2.52. The number of nitrogens with zero attached hydrogens (tertiary/aromatic N) is 3. The number of piperazine rings is 1. The highest BCUT2D eigenvalue weighted by Crippen LogP contribution is 2.36. The van der Waals surface area contributed by atoms with Gasteiger partial charge in [-0.15, -0.1) is 0 Å². The molecule has 3 fully saturated rings. The molecule has 10 heteroatoms. The molecular formula is C33H41N5O5. The first-order valence-electron chi connectivity index (χ1n) is 15.3. The molecule has 0 bridgehead atoms. The van der Waals surface area contributed by atoms with Gasteiger partial charge in [-0.05, 0) is 73.6 Å². The fraction of sp³-hybridized carbons (Fsp3) is 0.515. The van der Waals surface area contributed by atoms with Gasteiger partial charge in [0.05, 0.1) is 18.6 Å². The topological polar surface area (TPSA) is 135 Å². The van der Waals surface area contributed by atoms with Gasteiger partial charge in [-0.25, -0.2) is 0 Å². The third-order valence-corrected chi connectivity index (χ3v) is 9.27. The van der Waals surface area contributed by atoms with E-state index in [0.29, 0.717) is 49.5 Å². The molecule has 3 N–H and O–H groups in total. The second-order valence-electron chi connectivity index (χ2n) is 11.9. The maximum Gasteiger partial charge on any atom is 0.251 e. The lowest BCUT2D eigenvalue weighted by atomic mass is 9.78. The lowest BCUT2D eigenvalue weighted by Crippen LogP contribution is -2.75. The van der Waals surface area contributed by atoms with Crippen LogP contribution in [-0.2, 0) is 16.1 Å². The molecule has 2 saturated heterocycles. The van der Waals surface area contributed by atoms with Gasteiger partial charge in [0, 0.05) is 38.8 Å². The van der Waals surface area contributed by atoms with Gasteiger partial charge in [-0.2, -0.15) is 5.26 Å². The van der Waals surface area contributed by atoms with E-state index in [1.807, 2.05) is 24.3 Å². The Bertz CT molecular complexity index is 1320. The molecule has 10 nitrogen and oxygen atoms in total. The van der Waals surface area contributed by atoms with Crippen molar-refractivity contribution >= 4 is 17.7 Å². The maximum atomic E-state index is 13.7. The van der Waals surface area contributed by atoms with Gasteiger partial charge in [0.25, 0.3) is 5.91 Å². The molecule has 2 heterocycles. The van der Waals surface area contributed by atoms with Crippen LogP contribution in [0.1, 0.15) is 67.3 Å². The van der Waals surface area contributed by atoms with E-state index < -0.39 is 17.7 Å². The number of aliphatic hydroxyl groups excluding tert-OH is 1. The number of nitriles is 1. The Morgan fingerprint density at radius 3 is 2.30 bits per heavy atom. The van der Waals surface area contributed by atoms with Gasteiger partial charge in [0.15, 0.2) is 0 Å². The van der Waals surface area contributed by atoms with E-state index in [0.717, 1.165) is 37.7 Å². The Morgan fingerprint density at radius 2 is 1.70 bits per heavy atom. The summed E-state index contributed by atoms with van der Waals surface area (Å²) >= 11 is 0. The van der Waals surface area contributed by atoms with Crippen LogP contribution in [0.4, 0.5) is 0 Å². The molecule has 2 aromatic rings. The number of hydrogen-bond acceptors (Lipinski definition) is 7. The summed E-state index contributed by atoms with van der Waals surface area (Å²) in [5.74, 6) is 0.696. The van der Waals surface area contributed by atoms with Crippen LogP contribution >= 0.6 is 0 Å². The van der Waals surface area contributed by atoms with Crippen molar-refractivity contribution in [3.05, 3.63) is 59.7 Å². The van der Waals surface area contributed by atoms with Crippen LogP contribution in [-0.4, -0.2) is 77.0 Å². The Balaban J connectivity index is 1.19. The molecule has 228 valence electrons. The predicted molar refractivity (Wildman–Crippen MR) is 160 cm³/mol. The molecule has 2 aromatic carbocycles. The van der Waals surface area contributed by atoms with Crippen LogP contribution < -0.4 is 15.4 Å². The van der Waals surface area contributed by atoms with Crippen LogP contribution in [0, 0.1) is 17.2 Å². The quantitative estimate of drug-likeness (QED) is 0.410. The predicted octanol–water partition coefficient (Wildman–Crippen LogP) is 3.35. The summed E-state index contributed by atoms with van der Waals surface area (Å²) in [6, 6.07) is 15.9. The van der Waals surface area contributed by atoms with Gasteiger partial charge >= 0.3 is 0 Å². The fourth-order valence-electron chi connectivity index (χ4n) is 6.76. The van der Waals surface area contributed by atoms with Gasteiger partial charge < -0.3 is 25.4 Å². The van der Waals surface area contributed by atoms with Crippen molar-refractivity contribution in [2.45, 2.75) is 75.6 Å². The number of carbonyl (C=O) groups is 3. The zero-order valence-electron chi connectivity index (χ0n) is 24.8. The Kier molecular flexibility index (Phi) is 9.63. The van der Waals surface area contributed by atoms with Gasteiger partial charge in [0.2, 0.25) is 11.8 Å². The Labute approximate surface area is 253 Å². The molecule has 3 aliphatic rings. The second-order valence-corrected chi connectivity index (χ2v) is 11.9. The van der Waals surface area contributed by atoms with E-state index in [9.17, 15) is 24.8 Å².